The SMILES string of the molecule is c1ccc(Cc2cccc(C3=C4CC4CCN3)c2)cc1. The standard InChI is InChI=1S/C19H19N/c1-2-5-14(6-3-1)11-15-7-4-8-17(12-15)19-18-13-16(18)9-10-20-19/h1-8,12,16,20H,9-11,13H2. The summed E-state index contributed by atoms with van der Waals surface area (Å²) in [5.74, 6) is 0.879. The summed E-state index contributed by atoms with van der Waals surface area (Å²) in [5.41, 5.74) is 7.20. The van der Waals surface area contributed by atoms with Gasteiger partial charge in [0.25, 0.3) is 0 Å². The average Bonchev–Trinajstić information content (AvgIpc) is 3.28. The van der Waals surface area contributed by atoms with Crippen molar-refractivity contribution in [2.45, 2.75) is 19.3 Å². The maximum Gasteiger partial charge on any atom is 0.0408 e. The smallest absolute Gasteiger partial charge is 0.0408 e. The Kier molecular flexibility index (Phi) is 2.84. The maximum absolute atomic E-state index is 3.60. The van der Waals surface area contributed by atoms with Crippen molar-refractivity contribution >= 4 is 5.70 Å². The molecule has 0 saturated heterocycles. The first-order valence-corrected chi connectivity index (χ1v) is 7.50. The summed E-state index contributed by atoms with van der Waals surface area (Å²) in [4.78, 5) is 0. The van der Waals surface area contributed by atoms with Gasteiger partial charge in [-0.3, -0.25) is 0 Å². The van der Waals surface area contributed by atoms with Crippen LogP contribution in [0.5, 0.6) is 0 Å². The molecule has 0 spiro atoms. The number of allylic oxidation sites excluding steroid dienone is 1. The fourth-order valence-electron chi connectivity index (χ4n) is 3.23. The van der Waals surface area contributed by atoms with E-state index < -0.39 is 0 Å². The Hall–Kier alpha value is -2.02. The van der Waals surface area contributed by atoms with Crippen LogP contribution < -0.4 is 5.32 Å². The maximum atomic E-state index is 3.60. The van der Waals surface area contributed by atoms with E-state index in [-0.39, 0.29) is 0 Å². The Balaban J connectivity index is 1.62. The second kappa shape index (κ2) is 4.82. The van der Waals surface area contributed by atoms with E-state index in [2.05, 4.69) is 59.9 Å². The zero-order valence-corrected chi connectivity index (χ0v) is 11.6. The highest BCUT2D eigenvalue weighted by Crippen LogP contribution is 2.46. The number of rotatable bonds is 3. The molecule has 1 N–H and O–H groups in total. The fraction of sp³-hybridized carbons (Fsp3) is 0.263. The second-order valence-corrected chi connectivity index (χ2v) is 5.88. The fourth-order valence-corrected chi connectivity index (χ4v) is 3.23. The van der Waals surface area contributed by atoms with E-state index in [0.717, 1.165) is 18.9 Å². The molecule has 1 aliphatic carbocycles. The lowest BCUT2D eigenvalue weighted by Crippen LogP contribution is -2.18. The van der Waals surface area contributed by atoms with Gasteiger partial charge in [-0.25, -0.2) is 0 Å². The molecule has 1 heteroatoms. The van der Waals surface area contributed by atoms with Gasteiger partial charge in [-0.15, -0.1) is 0 Å². The van der Waals surface area contributed by atoms with Crippen LogP contribution in [0.25, 0.3) is 5.70 Å². The highest BCUT2D eigenvalue weighted by Gasteiger charge is 2.35. The van der Waals surface area contributed by atoms with Crippen LogP contribution in [0.1, 0.15) is 29.5 Å². The van der Waals surface area contributed by atoms with Gasteiger partial charge in [0.2, 0.25) is 0 Å². The zero-order chi connectivity index (χ0) is 13.4. The molecule has 1 heterocycles. The van der Waals surface area contributed by atoms with Crippen LogP contribution in [0.3, 0.4) is 0 Å². The van der Waals surface area contributed by atoms with Crippen LogP contribution in [0.2, 0.25) is 0 Å². The molecule has 20 heavy (non-hydrogen) atoms. The summed E-state index contributed by atoms with van der Waals surface area (Å²) in [6, 6.07) is 19.7. The van der Waals surface area contributed by atoms with Crippen molar-refractivity contribution in [1.29, 1.82) is 0 Å². The molecule has 0 aromatic heterocycles. The Morgan fingerprint density at radius 2 is 1.80 bits per heavy atom. The third-order valence-electron chi connectivity index (χ3n) is 4.38. The molecular weight excluding hydrogens is 242 g/mol. The largest absolute Gasteiger partial charge is 0.385 e. The molecule has 2 aromatic rings. The average molecular weight is 261 g/mol. The van der Waals surface area contributed by atoms with Crippen LogP contribution in [-0.4, -0.2) is 6.54 Å². The topological polar surface area (TPSA) is 12.0 Å². The van der Waals surface area contributed by atoms with Crippen LogP contribution in [0, 0.1) is 5.92 Å². The van der Waals surface area contributed by atoms with Gasteiger partial charge in [-0.05, 0) is 53.5 Å². The van der Waals surface area contributed by atoms with Gasteiger partial charge < -0.3 is 5.32 Å². The van der Waals surface area contributed by atoms with Crippen LogP contribution in [0.15, 0.2) is 60.2 Å². The molecule has 1 atom stereocenters. The molecule has 4 rings (SSSR count). The van der Waals surface area contributed by atoms with Gasteiger partial charge >= 0.3 is 0 Å². The van der Waals surface area contributed by atoms with E-state index >= 15 is 0 Å². The minimum atomic E-state index is 0.879. The molecule has 1 aliphatic heterocycles. The summed E-state index contributed by atoms with van der Waals surface area (Å²) in [6.07, 6.45) is 3.65. The molecule has 1 fully saturated rings. The van der Waals surface area contributed by atoms with Gasteiger partial charge in [0.15, 0.2) is 0 Å². The molecule has 2 aromatic carbocycles. The predicted octanol–water partition coefficient (Wildman–Crippen LogP) is 4.00. The van der Waals surface area contributed by atoms with Gasteiger partial charge in [0.1, 0.15) is 0 Å². The van der Waals surface area contributed by atoms with Crippen LogP contribution >= 0.6 is 0 Å². The van der Waals surface area contributed by atoms with Crippen molar-refractivity contribution in [2.75, 3.05) is 6.54 Å². The Labute approximate surface area is 120 Å². The summed E-state index contributed by atoms with van der Waals surface area (Å²) in [5, 5.41) is 3.60. The van der Waals surface area contributed by atoms with E-state index in [4.69, 9.17) is 0 Å². The zero-order valence-electron chi connectivity index (χ0n) is 11.6. The first-order chi connectivity index (χ1) is 9.90. The summed E-state index contributed by atoms with van der Waals surface area (Å²) < 4.78 is 0. The van der Waals surface area contributed by atoms with Crippen molar-refractivity contribution in [2.24, 2.45) is 5.92 Å². The molecular formula is C19H19N. The van der Waals surface area contributed by atoms with Crippen molar-refractivity contribution in [3.05, 3.63) is 76.9 Å². The van der Waals surface area contributed by atoms with Gasteiger partial charge in [-0.1, -0.05) is 48.5 Å². The third kappa shape index (κ3) is 2.24. The molecule has 1 unspecified atom stereocenters. The minimum absolute atomic E-state index is 0.879. The Bertz CT molecular complexity index is 654. The summed E-state index contributed by atoms with van der Waals surface area (Å²) >= 11 is 0. The number of nitrogens with one attached hydrogen (secondary N) is 1. The van der Waals surface area contributed by atoms with E-state index in [1.165, 1.54) is 35.2 Å². The van der Waals surface area contributed by atoms with Crippen molar-refractivity contribution < 1.29 is 0 Å². The normalized spacial score (nSPS) is 20.3. The highest BCUT2D eigenvalue weighted by atomic mass is 14.9. The van der Waals surface area contributed by atoms with Crippen molar-refractivity contribution in [3.8, 4) is 0 Å². The molecule has 2 aliphatic rings. The lowest BCUT2D eigenvalue weighted by molar-refractivity contribution is 0.689. The van der Waals surface area contributed by atoms with E-state index in [0.29, 0.717) is 0 Å². The highest BCUT2D eigenvalue weighted by molar-refractivity contribution is 5.72. The summed E-state index contributed by atoms with van der Waals surface area (Å²) in [7, 11) is 0. The molecule has 100 valence electrons. The van der Waals surface area contributed by atoms with Gasteiger partial charge in [-0.2, -0.15) is 0 Å². The second-order valence-electron chi connectivity index (χ2n) is 5.88. The molecule has 1 saturated carbocycles. The Morgan fingerprint density at radius 3 is 2.70 bits per heavy atom. The number of hydrogen-bond acceptors (Lipinski definition) is 1. The third-order valence-corrected chi connectivity index (χ3v) is 4.38. The van der Waals surface area contributed by atoms with Gasteiger partial charge in [0.05, 0.1) is 0 Å². The number of hydrogen-bond donors (Lipinski definition) is 1. The van der Waals surface area contributed by atoms with Crippen molar-refractivity contribution in [3.63, 3.8) is 0 Å². The van der Waals surface area contributed by atoms with Crippen molar-refractivity contribution in [1.82, 2.24) is 5.32 Å². The summed E-state index contributed by atoms with van der Waals surface area (Å²) in [6.45, 7) is 1.13. The molecule has 0 radical (unpaired) electrons. The minimum Gasteiger partial charge on any atom is -0.385 e. The lowest BCUT2D eigenvalue weighted by atomic mass is 10.0. The lowest BCUT2D eigenvalue weighted by Gasteiger charge is -2.16. The van der Waals surface area contributed by atoms with Crippen LogP contribution in [0.4, 0.5) is 0 Å². The monoisotopic (exact) mass is 261 g/mol. The molecule has 1 nitrogen and oxygen atoms in total. The van der Waals surface area contributed by atoms with E-state index in [9.17, 15) is 0 Å². The quantitative estimate of drug-likeness (QED) is 0.880. The van der Waals surface area contributed by atoms with E-state index in [1.54, 1.807) is 5.57 Å². The Morgan fingerprint density at radius 1 is 0.950 bits per heavy atom. The predicted molar refractivity (Wildman–Crippen MR) is 83.3 cm³/mol. The molecule has 0 amide bonds. The van der Waals surface area contributed by atoms with E-state index in [1.807, 2.05) is 0 Å². The number of benzene rings is 2. The molecule has 0 bridgehead atoms. The first kappa shape index (κ1) is 11.8. The number of fused-ring (bicyclic) bond motifs is 1. The first-order valence-electron chi connectivity index (χ1n) is 7.50. The van der Waals surface area contributed by atoms with Gasteiger partial charge in [0, 0.05) is 12.2 Å². The van der Waals surface area contributed by atoms with Crippen LogP contribution in [-0.2, 0) is 6.42 Å².